The number of nitrogens with zero attached hydrogens (tertiary/aromatic N) is 2. The Balaban J connectivity index is 2.55. The predicted octanol–water partition coefficient (Wildman–Crippen LogP) is 4.59. The average Bonchev–Trinajstić information content (AvgIpc) is 2.77. The van der Waals surface area contributed by atoms with E-state index in [-0.39, 0.29) is 11.4 Å². The van der Waals surface area contributed by atoms with E-state index in [9.17, 15) is 0 Å². The van der Waals surface area contributed by atoms with Gasteiger partial charge in [0.05, 0.1) is 15.9 Å². The molecule has 0 aliphatic rings. The smallest absolute Gasteiger partial charge is 0.128 e. The maximum Gasteiger partial charge on any atom is 0.128 e. The van der Waals surface area contributed by atoms with Gasteiger partial charge in [-0.2, -0.15) is 0 Å². The van der Waals surface area contributed by atoms with Gasteiger partial charge < -0.3 is 9.30 Å². The van der Waals surface area contributed by atoms with Crippen LogP contribution in [0.1, 0.15) is 37.5 Å². The van der Waals surface area contributed by atoms with E-state index in [1.807, 2.05) is 25.1 Å². The quantitative estimate of drug-likeness (QED) is 0.755. The van der Waals surface area contributed by atoms with Crippen molar-refractivity contribution in [2.24, 2.45) is 0 Å². The lowest BCUT2D eigenvalue weighted by Gasteiger charge is -2.18. The summed E-state index contributed by atoms with van der Waals surface area (Å²) >= 11 is 12.5. The Morgan fingerprint density at radius 2 is 2.11 bits per heavy atom. The monoisotopic (exact) mass is 300 g/mol. The zero-order valence-corrected chi connectivity index (χ0v) is 12.9. The van der Waals surface area contributed by atoms with Gasteiger partial charge >= 0.3 is 0 Å². The fourth-order valence-electron chi connectivity index (χ4n) is 2.26. The summed E-state index contributed by atoms with van der Waals surface area (Å²) in [5.74, 6) is 0.855. The number of imidazole rings is 1. The van der Waals surface area contributed by atoms with Crippen LogP contribution in [0.2, 0.25) is 5.02 Å². The van der Waals surface area contributed by atoms with Gasteiger partial charge in [0.1, 0.15) is 11.3 Å². The minimum atomic E-state index is -0.159. The van der Waals surface area contributed by atoms with Gasteiger partial charge in [0.2, 0.25) is 0 Å². The Morgan fingerprint density at radius 1 is 1.37 bits per heavy atom. The highest BCUT2D eigenvalue weighted by atomic mass is 35.5. The Hall–Kier alpha value is -0.770. The van der Waals surface area contributed by atoms with Crippen molar-refractivity contribution in [3.63, 3.8) is 0 Å². The maximum absolute atomic E-state index is 6.25. The van der Waals surface area contributed by atoms with Crippen molar-refractivity contribution in [3.05, 3.63) is 29.0 Å². The van der Waals surface area contributed by atoms with Gasteiger partial charge in [-0.05, 0) is 32.4 Å². The molecule has 0 amide bonds. The van der Waals surface area contributed by atoms with Crippen molar-refractivity contribution in [1.82, 2.24) is 9.55 Å². The molecule has 0 saturated carbocycles. The second-order valence-corrected chi connectivity index (χ2v) is 5.76. The van der Waals surface area contributed by atoms with E-state index in [2.05, 4.69) is 16.5 Å². The third kappa shape index (κ3) is 2.88. The first-order chi connectivity index (χ1) is 9.06. The number of methoxy groups -OCH3 is 1. The molecule has 0 fully saturated rings. The summed E-state index contributed by atoms with van der Waals surface area (Å²) in [5, 5.41) is 0.502. The van der Waals surface area contributed by atoms with Gasteiger partial charge in [0, 0.05) is 19.8 Å². The molecule has 0 N–H and O–H groups in total. The van der Waals surface area contributed by atoms with Gasteiger partial charge in [-0.3, -0.25) is 0 Å². The lowest BCUT2D eigenvalue weighted by atomic mass is 10.2. The van der Waals surface area contributed by atoms with Crippen molar-refractivity contribution in [2.45, 2.75) is 31.7 Å². The van der Waals surface area contributed by atoms with Crippen molar-refractivity contribution in [2.75, 3.05) is 13.7 Å². The summed E-state index contributed by atoms with van der Waals surface area (Å²) in [6.07, 6.45) is 0.908. The summed E-state index contributed by atoms with van der Waals surface area (Å²) in [6, 6.07) is 6.08. The molecule has 3 nitrogen and oxygen atoms in total. The number of hydrogen-bond donors (Lipinski definition) is 0. The predicted molar refractivity (Wildman–Crippen MR) is 80.2 cm³/mol. The molecular weight excluding hydrogens is 283 g/mol. The van der Waals surface area contributed by atoms with Crippen LogP contribution >= 0.6 is 23.2 Å². The van der Waals surface area contributed by atoms with Crippen LogP contribution in [0.4, 0.5) is 0 Å². The van der Waals surface area contributed by atoms with E-state index in [0.717, 1.165) is 23.3 Å². The van der Waals surface area contributed by atoms with Crippen molar-refractivity contribution in [3.8, 4) is 0 Å². The van der Waals surface area contributed by atoms with Crippen LogP contribution < -0.4 is 0 Å². The molecule has 0 spiro atoms. The minimum absolute atomic E-state index is 0.159. The molecule has 1 aromatic heterocycles. The Bertz CT molecular complexity index is 566. The summed E-state index contributed by atoms with van der Waals surface area (Å²) in [4.78, 5) is 4.60. The lowest BCUT2D eigenvalue weighted by Crippen LogP contribution is -2.11. The standard InChI is InChI=1S/C14H18Cl2N2O/c1-9(7-8-19-3)18-12-6-4-5-11(16)13(12)17-14(18)10(2)15/h4-6,9-10H,7-8H2,1-3H3. The maximum atomic E-state index is 6.25. The Labute approximate surface area is 123 Å². The van der Waals surface area contributed by atoms with Crippen LogP contribution in [-0.4, -0.2) is 23.3 Å². The van der Waals surface area contributed by atoms with E-state index in [1.54, 1.807) is 7.11 Å². The van der Waals surface area contributed by atoms with Gasteiger partial charge in [-0.25, -0.2) is 4.98 Å². The number of halogens is 2. The summed E-state index contributed by atoms with van der Waals surface area (Å²) in [6.45, 7) is 4.78. The molecule has 104 valence electrons. The first-order valence-electron chi connectivity index (χ1n) is 6.35. The zero-order chi connectivity index (χ0) is 14.0. The van der Waals surface area contributed by atoms with E-state index in [0.29, 0.717) is 11.6 Å². The Kier molecular flexibility index (Phi) is 4.71. The van der Waals surface area contributed by atoms with Gasteiger partial charge in [0.25, 0.3) is 0 Å². The summed E-state index contributed by atoms with van der Waals surface area (Å²) in [7, 11) is 1.71. The van der Waals surface area contributed by atoms with Gasteiger partial charge in [0.15, 0.2) is 0 Å². The van der Waals surface area contributed by atoms with Crippen LogP contribution in [-0.2, 0) is 4.74 Å². The second kappa shape index (κ2) is 6.12. The van der Waals surface area contributed by atoms with Crippen molar-refractivity contribution >= 4 is 34.2 Å². The number of rotatable bonds is 5. The molecule has 2 aromatic rings. The summed E-state index contributed by atoms with van der Waals surface area (Å²) in [5.41, 5.74) is 1.84. The highest BCUT2D eigenvalue weighted by molar-refractivity contribution is 6.35. The number of para-hydroxylation sites is 1. The molecule has 0 bridgehead atoms. The third-order valence-corrected chi connectivity index (χ3v) is 3.73. The zero-order valence-electron chi connectivity index (χ0n) is 11.4. The molecule has 0 radical (unpaired) electrons. The normalized spacial score (nSPS) is 14.8. The highest BCUT2D eigenvalue weighted by Gasteiger charge is 2.20. The van der Waals surface area contributed by atoms with Gasteiger partial charge in [-0.15, -0.1) is 11.6 Å². The topological polar surface area (TPSA) is 27.1 Å². The molecule has 0 saturated heterocycles. The molecule has 0 aliphatic carbocycles. The SMILES string of the molecule is COCCC(C)n1c(C(C)Cl)nc2c(Cl)cccc21. The molecule has 0 aliphatic heterocycles. The highest BCUT2D eigenvalue weighted by Crippen LogP contribution is 2.32. The number of benzene rings is 1. The first-order valence-corrected chi connectivity index (χ1v) is 7.17. The fraction of sp³-hybridized carbons (Fsp3) is 0.500. The van der Waals surface area contributed by atoms with E-state index >= 15 is 0 Å². The molecule has 1 aromatic carbocycles. The van der Waals surface area contributed by atoms with Crippen molar-refractivity contribution in [1.29, 1.82) is 0 Å². The Morgan fingerprint density at radius 3 is 2.74 bits per heavy atom. The first kappa shape index (κ1) is 14.6. The van der Waals surface area contributed by atoms with E-state index in [1.165, 1.54) is 0 Å². The van der Waals surface area contributed by atoms with Gasteiger partial charge in [-0.1, -0.05) is 17.7 Å². The van der Waals surface area contributed by atoms with Crippen LogP contribution in [0.15, 0.2) is 18.2 Å². The third-order valence-electron chi connectivity index (χ3n) is 3.23. The van der Waals surface area contributed by atoms with Crippen LogP contribution in [0.25, 0.3) is 11.0 Å². The molecule has 2 atom stereocenters. The number of aromatic nitrogens is 2. The molecular formula is C14H18Cl2N2O. The average molecular weight is 301 g/mol. The molecule has 2 rings (SSSR count). The number of alkyl halides is 1. The van der Waals surface area contributed by atoms with E-state index < -0.39 is 0 Å². The number of fused-ring (bicyclic) bond motifs is 1. The molecule has 5 heteroatoms. The molecule has 2 unspecified atom stereocenters. The summed E-state index contributed by atoms with van der Waals surface area (Å²) < 4.78 is 7.32. The molecule has 19 heavy (non-hydrogen) atoms. The second-order valence-electron chi connectivity index (χ2n) is 4.69. The van der Waals surface area contributed by atoms with Crippen molar-refractivity contribution < 1.29 is 4.74 Å². The largest absolute Gasteiger partial charge is 0.385 e. The lowest BCUT2D eigenvalue weighted by molar-refractivity contribution is 0.181. The number of ether oxygens (including phenoxy) is 1. The van der Waals surface area contributed by atoms with Crippen LogP contribution in [0.3, 0.4) is 0 Å². The number of hydrogen-bond acceptors (Lipinski definition) is 2. The minimum Gasteiger partial charge on any atom is -0.385 e. The van der Waals surface area contributed by atoms with Crippen LogP contribution in [0, 0.1) is 0 Å². The van der Waals surface area contributed by atoms with Crippen LogP contribution in [0.5, 0.6) is 0 Å². The molecule has 1 heterocycles. The van der Waals surface area contributed by atoms with E-state index in [4.69, 9.17) is 27.9 Å². The fourth-order valence-corrected chi connectivity index (χ4v) is 2.63.